The van der Waals surface area contributed by atoms with Crippen LogP contribution < -0.4 is 29.5 Å². The standard InChI is InChI=1S/C30H25F2N3O4S/c1-17-5-10-22(11-6-17)35-28(37)26(15-20-8-12-24(39-30(31)32)25(14-20)38-4)40-29(35)23(16-33)27(36)34-21-9-7-18(2)19(3)13-21/h5-15,30H,1-4H3,(H,34,36)/b26-15-,29-23-. The fourth-order valence-electron chi connectivity index (χ4n) is 3.91. The Kier molecular flexibility index (Phi) is 8.46. The summed E-state index contributed by atoms with van der Waals surface area (Å²) in [4.78, 5) is 26.9. The second kappa shape index (κ2) is 12.0. The predicted molar refractivity (Wildman–Crippen MR) is 151 cm³/mol. The van der Waals surface area contributed by atoms with Gasteiger partial charge in [0, 0.05) is 5.69 Å². The summed E-state index contributed by atoms with van der Waals surface area (Å²) in [6.45, 7) is 2.74. The van der Waals surface area contributed by atoms with Crippen molar-refractivity contribution < 1.29 is 23.0 Å². The van der Waals surface area contributed by atoms with Gasteiger partial charge >= 0.3 is 6.61 Å². The first-order chi connectivity index (χ1) is 19.1. The smallest absolute Gasteiger partial charge is 0.387 e. The SMILES string of the molecule is COc1cc(/C=c2\s/c(=C(/C#N)C(=O)Nc3ccc(C)c(C)c3)n(-c3ccc(C)cc3)c2=O)ccc1OC(F)F. The maximum Gasteiger partial charge on any atom is 0.387 e. The quantitative estimate of drug-likeness (QED) is 0.357. The topological polar surface area (TPSA) is 93.4 Å². The highest BCUT2D eigenvalue weighted by molar-refractivity contribution is 7.07. The van der Waals surface area contributed by atoms with Crippen LogP contribution in [0.25, 0.3) is 17.3 Å². The van der Waals surface area contributed by atoms with Gasteiger partial charge in [0.15, 0.2) is 17.1 Å². The molecule has 0 aliphatic rings. The Morgan fingerprint density at radius 1 is 1.02 bits per heavy atom. The Bertz CT molecular complexity index is 1800. The van der Waals surface area contributed by atoms with E-state index < -0.39 is 18.1 Å². The van der Waals surface area contributed by atoms with Crippen LogP contribution in [0.3, 0.4) is 0 Å². The molecule has 0 aliphatic heterocycles. The number of nitrogens with one attached hydrogen (secondary N) is 1. The number of ether oxygens (including phenoxy) is 2. The first kappa shape index (κ1) is 28.3. The molecule has 1 heterocycles. The van der Waals surface area contributed by atoms with Crippen LogP contribution in [0.1, 0.15) is 22.3 Å². The largest absolute Gasteiger partial charge is 0.493 e. The predicted octanol–water partition coefficient (Wildman–Crippen LogP) is 4.58. The van der Waals surface area contributed by atoms with E-state index in [2.05, 4.69) is 10.1 Å². The number of hydrogen-bond acceptors (Lipinski definition) is 6. The number of aryl methyl sites for hydroxylation is 3. The summed E-state index contributed by atoms with van der Waals surface area (Å²) in [5.74, 6) is -0.752. The van der Waals surface area contributed by atoms with Crippen molar-refractivity contribution in [2.75, 3.05) is 12.4 Å². The second-order valence-corrected chi connectivity index (χ2v) is 9.95. The molecular formula is C30H25F2N3O4S. The van der Waals surface area contributed by atoms with E-state index in [1.54, 1.807) is 24.3 Å². The van der Waals surface area contributed by atoms with Gasteiger partial charge in [0.2, 0.25) is 0 Å². The first-order valence-corrected chi connectivity index (χ1v) is 12.9. The lowest BCUT2D eigenvalue weighted by atomic mass is 10.1. The van der Waals surface area contributed by atoms with Crippen molar-refractivity contribution >= 4 is 34.6 Å². The van der Waals surface area contributed by atoms with Crippen molar-refractivity contribution in [1.29, 1.82) is 5.26 Å². The fourth-order valence-corrected chi connectivity index (χ4v) is 5.01. The zero-order valence-corrected chi connectivity index (χ0v) is 22.9. The summed E-state index contributed by atoms with van der Waals surface area (Å²) in [6, 6.07) is 18.7. The fraction of sp³-hybridized carbons (Fsp3) is 0.167. The monoisotopic (exact) mass is 561 g/mol. The Hall–Kier alpha value is -4.75. The maximum absolute atomic E-state index is 13.7. The van der Waals surface area contributed by atoms with Crippen molar-refractivity contribution in [1.82, 2.24) is 4.57 Å². The van der Waals surface area contributed by atoms with Crippen LogP contribution in [-0.2, 0) is 4.79 Å². The molecule has 7 nitrogen and oxygen atoms in total. The zero-order chi connectivity index (χ0) is 29.0. The number of thiazole rings is 1. The molecule has 0 unspecified atom stereocenters. The molecule has 0 saturated carbocycles. The lowest BCUT2D eigenvalue weighted by molar-refractivity contribution is -0.111. The zero-order valence-electron chi connectivity index (χ0n) is 22.1. The summed E-state index contributed by atoms with van der Waals surface area (Å²) in [6.07, 6.45) is 1.53. The van der Waals surface area contributed by atoms with Crippen molar-refractivity contribution in [3.8, 4) is 23.3 Å². The van der Waals surface area contributed by atoms with E-state index in [0.29, 0.717) is 16.9 Å². The molecule has 0 fully saturated rings. The van der Waals surface area contributed by atoms with Gasteiger partial charge in [0.1, 0.15) is 10.7 Å². The van der Waals surface area contributed by atoms with Crippen molar-refractivity contribution in [2.45, 2.75) is 27.4 Å². The van der Waals surface area contributed by atoms with Crippen LogP contribution in [-0.4, -0.2) is 24.2 Å². The number of hydrogen-bond donors (Lipinski definition) is 1. The van der Waals surface area contributed by atoms with Crippen LogP contribution in [0.5, 0.6) is 11.5 Å². The van der Waals surface area contributed by atoms with Crippen molar-refractivity contribution in [3.05, 3.63) is 102 Å². The van der Waals surface area contributed by atoms with Gasteiger partial charge in [0.25, 0.3) is 11.5 Å². The number of carbonyl (C=O) groups is 1. The van der Waals surface area contributed by atoms with Crippen molar-refractivity contribution in [2.24, 2.45) is 0 Å². The van der Waals surface area contributed by atoms with Crippen molar-refractivity contribution in [3.63, 3.8) is 0 Å². The van der Waals surface area contributed by atoms with Gasteiger partial charge in [-0.1, -0.05) is 29.8 Å². The molecule has 0 spiro atoms. The van der Waals surface area contributed by atoms with Crippen LogP contribution in [0.15, 0.2) is 65.5 Å². The molecule has 1 aromatic heterocycles. The molecule has 4 aromatic rings. The number of amides is 1. The highest BCUT2D eigenvalue weighted by Gasteiger charge is 2.18. The third-order valence-electron chi connectivity index (χ3n) is 6.13. The Labute approximate surface area is 232 Å². The number of carbonyl (C=O) groups excluding carboxylic acids is 1. The van der Waals surface area contributed by atoms with Gasteiger partial charge in [-0.05, 0) is 79.9 Å². The molecule has 10 heteroatoms. The van der Waals surface area contributed by atoms with Gasteiger partial charge in [-0.2, -0.15) is 14.0 Å². The Morgan fingerprint density at radius 3 is 2.38 bits per heavy atom. The minimum Gasteiger partial charge on any atom is -0.493 e. The molecule has 1 amide bonds. The van der Waals surface area contributed by atoms with E-state index in [1.165, 1.54) is 36.0 Å². The number of alkyl halides is 2. The number of anilines is 1. The summed E-state index contributed by atoms with van der Waals surface area (Å²) in [5.41, 5.74) is 3.77. The normalized spacial score (nSPS) is 12.2. The minimum atomic E-state index is -3.03. The molecule has 3 aromatic carbocycles. The summed E-state index contributed by atoms with van der Waals surface area (Å²) in [7, 11) is 1.31. The van der Waals surface area contributed by atoms with Gasteiger partial charge < -0.3 is 14.8 Å². The molecule has 0 atom stereocenters. The number of nitriles is 1. The molecule has 0 radical (unpaired) electrons. The molecule has 0 aliphatic carbocycles. The number of benzene rings is 3. The Morgan fingerprint density at radius 2 is 1.75 bits per heavy atom. The Balaban J connectivity index is 1.91. The highest BCUT2D eigenvalue weighted by atomic mass is 32.1. The van der Waals surface area contributed by atoms with Gasteiger partial charge in [0.05, 0.1) is 17.3 Å². The molecule has 40 heavy (non-hydrogen) atoms. The van der Waals surface area contributed by atoms with E-state index in [9.17, 15) is 23.6 Å². The second-order valence-electron chi connectivity index (χ2n) is 8.92. The lowest BCUT2D eigenvalue weighted by Gasteiger charge is -2.09. The number of aromatic nitrogens is 1. The van der Waals surface area contributed by atoms with Crippen LogP contribution in [0.2, 0.25) is 0 Å². The summed E-state index contributed by atoms with van der Waals surface area (Å²) in [5, 5.41) is 12.8. The van der Waals surface area contributed by atoms with Crippen LogP contribution in [0.4, 0.5) is 14.5 Å². The number of rotatable bonds is 7. The summed E-state index contributed by atoms with van der Waals surface area (Å²) >= 11 is 0.968. The van der Waals surface area contributed by atoms with E-state index in [4.69, 9.17) is 4.74 Å². The summed E-state index contributed by atoms with van der Waals surface area (Å²) < 4.78 is 36.8. The molecule has 204 valence electrons. The van der Waals surface area contributed by atoms with E-state index in [1.807, 2.05) is 45.0 Å². The number of methoxy groups -OCH3 is 1. The molecular weight excluding hydrogens is 536 g/mol. The van der Waals surface area contributed by atoms with E-state index in [-0.39, 0.29) is 26.3 Å². The molecule has 0 saturated heterocycles. The highest BCUT2D eigenvalue weighted by Crippen LogP contribution is 2.29. The maximum atomic E-state index is 13.7. The van der Waals surface area contributed by atoms with Crippen LogP contribution in [0, 0.1) is 32.1 Å². The van der Waals surface area contributed by atoms with Gasteiger partial charge in [-0.15, -0.1) is 11.3 Å². The average molecular weight is 562 g/mol. The van der Waals surface area contributed by atoms with Crippen LogP contribution >= 0.6 is 11.3 Å². The number of nitrogens with zero attached hydrogens (tertiary/aromatic N) is 2. The number of halogens is 2. The molecule has 4 rings (SSSR count). The third kappa shape index (κ3) is 6.11. The lowest BCUT2D eigenvalue weighted by Crippen LogP contribution is -2.32. The molecule has 1 N–H and O–H groups in total. The minimum absolute atomic E-state index is 0.0572. The first-order valence-electron chi connectivity index (χ1n) is 12.1. The van der Waals surface area contributed by atoms with Gasteiger partial charge in [-0.25, -0.2) is 0 Å². The average Bonchev–Trinajstić information content (AvgIpc) is 3.22. The third-order valence-corrected chi connectivity index (χ3v) is 7.23. The molecule has 0 bridgehead atoms. The van der Waals surface area contributed by atoms with E-state index >= 15 is 0 Å². The van der Waals surface area contributed by atoms with E-state index in [0.717, 1.165) is 28.0 Å². The van der Waals surface area contributed by atoms with Gasteiger partial charge in [-0.3, -0.25) is 14.2 Å².